The Morgan fingerprint density at radius 1 is 1.15 bits per heavy atom. The molecule has 4 amide bonds. The molecule has 0 aromatic heterocycles. The van der Waals surface area contributed by atoms with Crippen LogP contribution >= 0.6 is 0 Å². The predicted octanol–water partition coefficient (Wildman–Crippen LogP) is 3.09. The molecular weight excluding hydrogens is 459 g/mol. The Morgan fingerprint density at radius 3 is 2.68 bits per heavy atom. The highest BCUT2D eigenvalue weighted by Crippen LogP contribution is 2.29. The van der Waals surface area contributed by atoms with Crippen molar-refractivity contribution in [1.29, 1.82) is 0 Å². The van der Waals surface area contributed by atoms with E-state index in [1.54, 1.807) is 18.2 Å². The number of carbonyl (C=O) groups is 4. The topological polar surface area (TPSA) is 114 Å². The fraction of sp³-hybridized carbons (Fsp3) is 0.273. The van der Waals surface area contributed by atoms with Crippen LogP contribution in [0.2, 0.25) is 0 Å². The van der Waals surface area contributed by atoms with Gasteiger partial charge in [0.05, 0.1) is 0 Å². The molecule has 0 saturated carbocycles. The van der Waals surface area contributed by atoms with Gasteiger partial charge in [-0.3, -0.25) is 25.0 Å². The van der Waals surface area contributed by atoms with E-state index in [0.717, 1.165) is 12.1 Å². The molecule has 12 heteroatoms. The lowest BCUT2D eigenvalue weighted by atomic mass is 10.0. The van der Waals surface area contributed by atoms with Crippen molar-refractivity contribution in [3.05, 3.63) is 59.2 Å². The maximum Gasteiger partial charge on any atom is 0.573 e. The first-order chi connectivity index (χ1) is 16.1. The Bertz CT molecular complexity index is 1170. The van der Waals surface area contributed by atoms with Crippen LogP contribution in [-0.4, -0.2) is 41.1 Å². The van der Waals surface area contributed by atoms with Gasteiger partial charge < -0.3 is 14.4 Å². The minimum atomic E-state index is -4.86. The van der Waals surface area contributed by atoms with Crippen molar-refractivity contribution in [3.8, 4) is 5.75 Å². The molecule has 1 fully saturated rings. The van der Waals surface area contributed by atoms with Crippen molar-refractivity contribution in [2.24, 2.45) is 0 Å². The van der Waals surface area contributed by atoms with E-state index in [4.69, 9.17) is 4.74 Å². The van der Waals surface area contributed by atoms with Crippen LogP contribution in [-0.2, 0) is 27.5 Å². The average molecular weight is 477 g/mol. The number of rotatable bonds is 5. The quantitative estimate of drug-likeness (QED) is 0.640. The van der Waals surface area contributed by atoms with Crippen LogP contribution in [0, 0.1) is 0 Å². The molecule has 0 spiro atoms. The zero-order valence-corrected chi connectivity index (χ0v) is 17.5. The fourth-order valence-electron chi connectivity index (χ4n) is 3.77. The second kappa shape index (κ2) is 9.04. The van der Waals surface area contributed by atoms with Gasteiger partial charge in [-0.05, 0) is 35.7 Å². The Labute approximate surface area is 190 Å². The van der Waals surface area contributed by atoms with Crippen molar-refractivity contribution >= 4 is 29.5 Å². The van der Waals surface area contributed by atoms with E-state index < -0.39 is 30.2 Å². The molecule has 178 valence electrons. The van der Waals surface area contributed by atoms with E-state index in [0.29, 0.717) is 16.7 Å². The van der Waals surface area contributed by atoms with Gasteiger partial charge in [-0.1, -0.05) is 18.2 Å². The van der Waals surface area contributed by atoms with Gasteiger partial charge >= 0.3 is 12.5 Å². The van der Waals surface area contributed by atoms with Gasteiger partial charge in [0.15, 0.2) is 0 Å². The largest absolute Gasteiger partial charge is 0.573 e. The lowest BCUT2D eigenvalue weighted by Crippen LogP contribution is -2.52. The summed E-state index contributed by atoms with van der Waals surface area (Å²) in [5.41, 5.74) is 1.60. The van der Waals surface area contributed by atoms with Gasteiger partial charge in [0.1, 0.15) is 18.4 Å². The molecule has 1 unspecified atom stereocenters. The second-order valence-corrected chi connectivity index (χ2v) is 7.67. The molecule has 1 saturated heterocycles. The van der Waals surface area contributed by atoms with Crippen LogP contribution in [0.3, 0.4) is 0 Å². The molecule has 2 aromatic rings. The van der Waals surface area contributed by atoms with Crippen molar-refractivity contribution in [2.75, 3.05) is 5.32 Å². The lowest BCUT2D eigenvalue weighted by Gasteiger charge is -2.29. The number of hydrogen-bond acceptors (Lipinski definition) is 6. The summed E-state index contributed by atoms with van der Waals surface area (Å²) in [4.78, 5) is 49.8. The highest BCUT2D eigenvalue weighted by Gasteiger charge is 2.39. The minimum absolute atomic E-state index is 0.0377. The zero-order valence-electron chi connectivity index (χ0n) is 17.5. The highest BCUT2D eigenvalue weighted by molar-refractivity contribution is 6.05. The summed E-state index contributed by atoms with van der Waals surface area (Å²) in [6, 6.07) is 8.88. The van der Waals surface area contributed by atoms with E-state index in [2.05, 4.69) is 15.4 Å². The van der Waals surface area contributed by atoms with E-state index in [9.17, 15) is 32.3 Å². The lowest BCUT2D eigenvalue weighted by molar-refractivity contribution is -0.274. The smallest absolute Gasteiger partial charge is 0.444 e. The van der Waals surface area contributed by atoms with Crippen LogP contribution in [0.15, 0.2) is 42.5 Å². The molecule has 2 aromatic carbocycles. The number of nitrogens with zero attached hydrogens (tertiary/aromatic N) is 1. The molecule has 34 heavy (non-hydrogen) atoms. The number of hydrogen-bond donors (Lipinski definition) is 2. The number of piperidine rings is 1. The third kappa shape index (κ3) is 5.27. The third-order valence-electron chi connectivity index (χ3n) is 5.28. The first-order valence-corrected chi connectivity index (χ1v) is 10.1. The number of amides is 4. The van der Waals surface area contributed by atoms with Gasteiger partial charge in [-0.2, -0.15) is 0 Å². The van der Waals surface area contributed by atoms with Gasteiger partial charge in [0.25, 0.3) is 5.91 Å². The number of imide groups is 1. The normalized spacial score (nSPS) is 17.8. The van der Waals surface area contributed by atoms with E-state index in [1.165, 1.54) is 17.0 Å². The van der Waals surface area contributed by atoms with Crippen LogP contribution in [0.25, 0.3) is 0 Å². The Hall–Kier alpha value is -4.09. The number of ether oxygens (including phenoxy) is 2. The van der Waals surface area contributed by atoms with Gasteiger partial charge in [-0.25, -0.2) is 4.79 Å². The number of alkyl halides is 3. The fourth-order valence-corrected chi connectivity index (χ4v) is 3.77. The summed E-state index contributed by atoms with van der Waals surface area (Å²) in [7, 11) is 0. The second-order valence-electron chi connectivity index (χ2n) is 7.67. The molecule has 0 aliphatic carbocycles. The first-order valence-electron chi connectivity index (χ1n) is 10.1. The van der Waals surface area contributed by atoms with Gasteiger partial charge in [0, 0.05) is 30.3 Å². The molecule has 2 N–H and O–H groups in total. The minimum Gasteiger partial charge on any atom is -0.444 e. The Balaban J connectivity index is 1.35. The molecule has 2 heterocycles. The molecule has 2 aliphatic rings. The molecule has 0 bridgehead atoms. The van der Waals surface area contributed by atoms with Crippen molar-refractivity contribution in [1.82, 2.24) is 10.2 Å². The van der Waals surface area contributed by atoms with E-state index in [-0.39, 0.29) is 43.5 Å². The van der Waals surface area contributed by atoms with E-state index >= 15 is 0 Å². The maximum atomic E-state index is 12.8. The predicted molar refractivity (Wildman–Crippen MR) is 109 cm³/mol. The van der Waals surface area contributed by atoms with Crippen LogP contribution < -0.4 is 15.4 Å². The van der Waals surface area contributed by atoms with Crippen LogP contribution in [0.4, 0.5) is 23.7 Å². The number of carbonyl (C=O) groups excluding carboxylic acids is 4. The third-order valence-corrected chi connectivity index (χ3v) is 5.28. The summed E-state index contributed by atoms with van der Waals surface area (Å²) in [5, 5.41) is 4.53. The molecule has 1 atom stereocenters. The Kier molecular flexibility index (Phi) is 6.14. The first kappa shape index (κ1) is 23.1. The molecule has 2 aliphatic heterocycles. The number of anilines is 1. The SMILES string of the molecule is O=C1CCC(N2Cc3ccc(COC(=O)Nc4cccc(OC(F)(F)F)c4)cc3C2=O)C(=O)N1. The van der Waals surface area contributed by atoms with Gasteiger partial charge in [-0.15, -0.1) is 13.2 Å². The van der Waals surface area contributed by atoms with Crippen LogP contribution in [0.5, 0.6) is 5.75 Å². The monoisotopic (exact) mass is 477 g/mol. The standard InChI is InChI=1S/C22H18F3N3O6/c23-22(24,25)34-15-3-1-2-14(9-15)26-21(32)33-11-12-4-5-13-10-28(20(31)16(13)8-12)17-6-7-18(29)27-19(17)30/h1-5,8-9,17H,6-7,10-11H2,(H,26,32)(H,27,29,30). The number of nitrogens with one attached hydrogen (secondary N) is 2. The number of halogens is 3. The summed E-state index contributed by atoms with van der Waals surface area (Å²) in [6.07, 6.45) is -5.38. The summed E-state index contributed by atoms with van der Waals surface area (Å²) in [6.45, 7) is 0.0158. The average Bonchev–Trinajstić information content (AvgIpc) is 3.07. The summed E-state index contributed by atoms with van der Waals surface area (Å²) in [5.74, 6) is -1.75. The maximum absolute atomic E-state index is 12.8. The van der Waals surface area contributed by atoms with Crippen LogP contribution in [0.1, 0.15) is 34.3 Å². The zero-order chi connectivity index (χ0) is 24.5. The summed E-state index contributed by atoms with van der Waals surface area (Å²) < 4.78 is 45.9. The number of fused-ring (bicyclic) bond motifs is 1. The van der Waals surface area contributed by atoms with Crippen molar-refractivity contribution in [3.63, 3.8) is 0 Å². The van der Waals surface area contributed by atoms with Gasteiger partial charge in [0.2, 0.25) is 11.8 Å². The molecule has 0 radical (unpaired) electrons. The summed E-state index contributed by atoms with van der Waals surface area (Å²) >= 11 is 0. The van der Waals surface area contributed by atoms with E-state index in [1.807, 2.05) is 0 Å². The Morgan fingerprint density at radius 2 is 1.94 bits per heavy atom. The number of benzene rings is 2. The molecule has 4 rings (SSSR count). The highest BCUT2D eigenvalue weighted by atomic mass is 19.4. The van der Waals surface area contributed by atoms with Crippen molar-refractivity contribution < 1.29 is 41.8 Å². The van der Waals surface area contributed by atoms with Crippen molar-refractivity contribution in [2.45, 2.75) is 38.4 Å². The molecule has 9 nitrogen and oxygen atoms in total. The molecular formula is C22H18F3N3O6.